The molecular weight excluding hydrogens is 516 g/mol. The first-order valence-electron chi connectivity index (χ1n) is 12.8. The van der Waals surface area contributed by atoms with Crippen molar-refractivity contribution in [3.63, 3.8) is 0 Å². The number of methoxy groups -OCH3 is 1. The van der Waals surface area contributed by atoms with Crippen molar-refractivity contribution < 1.29 is 36.7 Å². The Morgan fingerprint density at radius 1 is 1.05 bits per heavy atom. The number of rotatable bonds is 8. The number of amides is 1. The number of carbonyl (C=O) groups is 3. The summed E-state index contributed by atoms with van der Waals surface area (Å²) in [7, 11) is 1.20. The maximum atomic E-state index is 14.8. The number of halogens is 4. The van der Waals surface area contributed by atoms with Crippen LogP contribution in [-0.4, -0.2) is 44.0 Å². The van der Waals surface area contributed by atoms with E-state index >= 15 is 0 Å². The number of esters is 1. The van der Waals surface area contributed by atoms with Gasteiger partial charge in [0.2, 0.25) is 0 Å². The van der Waals surface area contributed by atoms with E-state index in [1.165, 1.54) is 19.2 Å². The molecule has 0 unspecified atom stereocenters. The number of hydrogen-bond acceptors (Lipinski definition) is 5. The minimum atomic E-state index is -5.19. The predicted molar refractivity (Wildman–Crippen MR) is 140 cm³/mol. The third kappa shape index (κ3) is 7.16. The zero-order chi connectivity index (χ0) is 29.1. The molecule has 0 atom stereocenters. The number of ether oxygens (including phenoxy) is 1. The molecule has 10 heteroatoms. The van der Waals surface area contributed by atoms with Crippen LogP contribution in [0.1, 0.15) is 55.9 Å². The number of Topliss-reactive ketones (excluding diaryl/α,β-unsaturated/α-hetero) is 1. The summed E-state index contributed by atoms with van der Waals surface area (Å²) in [5.41, 5.74) is 2.22. The smallest absolute Gasteiger partial charge is 0.469 e. The maximum absolute atomic E-state index is 14.8. The lowest BCUT2D eigenvalue weighted by Crippen LogP contribution is -2.41. The highest BCUT2D eigenvalue weighted by atomic mass is 19.4. The zero-order valence-corrected chi connectivity index (χ0v) is 22.9. The minimum absolute atomic E-state index is 0.000938. The molecule has 0 spiro atoms. The van der Waals surface area contributed by atoms with Crippen molar-refractivity contribution in [1.82, 2.24) is 0 Å². The number of ketones is 1. The first-order valence-corrected chi connectivity index (χ1v) is 12.8. The monoisotopic (exact) mass is 550 g/mol. The van der Waals surface area contributed by atoms with E-state index in [1.54, 1.807) is 13.0 Å². The summed E-state index contributed by atoms with van der Waals surface area (Å²) in [6.07, 6.45) is -3.68. The second-order valence-corrected chi connectivity index (χ2v) is 10.8. The lowest BCUT2D eigenvalue weighted by molar-refractivity contribution is -0.170. The number of alkyl halides is 3. The minimum Gasteiger partial charge on any atom is -0.469 e. The fourth-order valence-corrected chi connectivity index (χ4v) is 4.60. The van der Waals surface area contributed by atoms with E-state index in [0.29, 0.717) is 22.6 Å². The van der Waals surface area contributed by atoms with Crippen LogP contribution in [0.3, 0.4) is 0 Å². The highest BCUT2D eigenvalue weighted by molar-refractivity contribution is 5.97. The molecule has 0 saturated carbocycles. The van der Waals surface area contributed by atoms with Crippen LogP contribution in [0.4, 0.5) is 28.9 Å². The van der Waals surface area contributed by atoms with Crippen LogP contribution in [-0.2, 0) is 38.5 Å². The molecule has 212 valence electrons. The van der Waals surface area contributed by atoms with Crippen molar-refractivity contribution in [2.24, 2.45) is 5.41 Å². The Morgan fingerprint density at radius 2 is 1.72 bits per heavy atom. The van der Waals surface area contributed by atoms with Gasteiger partial charge in [-0.25, -0.2) is 4.39 Å². The summed E-state index contributed by atoms with van der Waals surface area (Å²) < 4.78 is 60.2. The topological polar surface area (TPSA) is 66.9 Å². The van der Waals surface area contributed by atoms with Gasteiger partial charge in [-0.05, 0) is 60.6 Å². The predicted octanol–water partition coefficient (Wildman–Crippen LogP) is 5.70. The summed E-state index contributed by atoms with van der Waals surface area (Å²) in [6.45, 7) is 7.63. The lowest BCUT2D eigenvalue weighted by atomic mass is 9.89. The molecule has 0 saturated heterocycles. The number of nitrogens with zero attached hydrogens (tertiary/aromatic N) is 2. The van der Waals surface area contributed by atoms with Crippen molar-refractivity contribution in [3.05, 3.63) is 58.4 Å². The van der Waals surface area contributed by atoms with Crippen LogP contribution in [0.15, 0.2) is 30.3 Å². The van der Waals surface area contributed by atoms with E-state index < -0.39 is 35.8 Å². The van der Waals surface area contributed by atoms with Crippen LogP contribution in [0.2, 0.25) is 0 Å². The van der Waals surface area contributed by atoms with Gasteiger partial charge in [0, 0.05) is 29.8 Å². The number of carbonyl (C=O) groups excluding carboxylic acids is 3. The third-order valence-corrected chi connectivity index (χ3v) is 6.98. The molecule has 0 N–H and O–H groups in total. The quantitative estimate of drug-likeness (QED) is 0.312. The van der Waals surface area contributed by atoms with Crippen molar-refractivity contribution in [1.29, 1.82) is 0 Å². The summed E-state index contributed by atoms with van der Waals surface area (Å²) >= 11 is 0. The Balaban J connectivity index is 1.98. The van der Waals surface area contributed by atoms with Gasteiger partial charge in [0.25, 0.3) is 0 Å². The first-order chi connectivity index (χ1) is 18.1. The Kier molecular flexibility index (Phi) is 9.08. The molecule has 3 rings (SSSR count). The fraction of sp³-hybridized carbons (Fsp3) is 0.483. The van der Waals surface area contributed by atoms with Crippen LogP contribution >= 0.6 is 0 Å². The van der Waals surface area contributed by atoms with Gasteiger partial charge < -0.3 is 14.5 Å². The number of hydrogen-bond donors (Lipinski definition) is 0. The Bertz CT molecular complexity index is 1250. The van der Waals surface area contributed by atoms with Gasteiger partial charge in [-0.2, -0.15) is 13.2 Å². The lowest BCUT2D eigenvalue weighted by Gasteiger charge is -2.35. The van der Waals surface area contributed by atoms with Crippen LogP contribution in [0, 0.1) is 18.2 Å². The zero-order valence-electron chi connectivity index (χ0n) is 22.9. The van der Waals surface area contributed by atoms with Gasteiger partial charge in [-0.1, -0.05) is 39.0 Å². The Labute approximate surface area is 225 Å². The van der Waals surface area contributed by atoms with Crippen molar-refractivity contribution >= 4 is 29.0 Å². The number of benzene rings is 2. The van der Waals surface area contributed by atoms with Crippen LogP contribution in [0.25, 0.3) is 0 Å². The molecule has 0 fully saturated rings. The summed E-state index contributed by atoms with van der Waals surface area (Å²) in [4.78, 5) is 39.1. The van der Waals surface area contributed by atoms with Gasteiger partial charge in [-0.15, -0.1) is 0 Å². The normalized spacial score (nSPS) is 13.6. The average molecular weight is 551 g/mol. The Hall–Kier alpha value is -3.43. The van der Waals surface area contributed by atoms with Crippen molar-refractivity contribution in [2.45, 2.75) is 66.1 Å². The van der Waals surface area contributed by atoms with E-state index in [-0.39, 0.29) is 36.4 Å². The SMILES string of the molecule is COC(=O)CCc1ccc(N(Cc2ccc3c(c2C)N(CC(=O)C(C)(C)C)CCC3)C(=O)C(F)(F)F)cc1F. The molecule has 1 heterocycles. The largest absolute Gasteiger partial charge is 0.471 e. The third-order valence-electron chi connectivity index (χ3n) is 6.98. The van der Waals surface area contributed by atoms with E-state index in [1.807, 2.05) is 31.7 Å². The molecule has 0 aliphatic carbocycles. The van der Waals surface area contributed by atoms with Crippen LogP contribution < -0.4 is 9.80 Å². The van der Waals surface area contributed by atoms with E-state index in [0.717, 1.165) is 30.2 Å². The number of aryl methyl sites for hydroxylation is 2. The molecule has 0 bridgehead atoms. The summed E-state index contributed by atoms with van der Waals surface area (Å²) in [5, 5.41) is 0. The van der Waals surface area contributed by atoms with Gasteiger partial charge in [0.05, 0.1) is 20.2 Å². The molecule has 2 aromatic rings. The van der Waals surface area contributed by atoms with Crippen molar-refractivity contribution in [3.8, 4) is 0 Å². The maximum Gasteiger partial charge on any atom is 0.471 e. The second kappa shape index (κ2) is 11.8. The van der Waals surface area contributed by atoms with Gasteiger partial charge in [-0.3, -0.25) is 14.4 Å². The molecule has 0 radical (unpaired) electrons. The number of anilines is 2. The molecule has 2 aromatic carbocycles. The van der Waals surface area contributed by atoms with Gasteiger partial charge >= 0.3 is 18.1 Å². The molecular formula is C29H34F4N2O4. The molecule has 6 nitrogen and oxygen atoms in total. The fourth-order valence-electron chi connectivity index (χ4n) is 4.60. The van der Waals surface area contributed by atoms with E-state index in [4.69, 9.17) is 0 Å². The summed E-state index contributed by atoms with van der Waals surface area (Å²) in [5.74, 6) is -3.46. The van der Waals surface area contributed by atoms with Gasteiger partial charge in [0.15, 0.2) is 5.78 Å². The Morgan fingerprint density at radius 3 is 2.31 bits per heavy atom. The van der Waals surface area contributed by atoms with Crippen molar-refractivity contribution in [2.75, 3.05) is 30.0 Å². The standard InChI is InChI=1S/C29H34F4N2O4/c1-18-21(9-8-20-7-6-14-34(26(18)20)17-24(36)28(2,3)4)16-35(27(38)29(31,32)33)22-12-10-19(23(30)15-22)11-13-25(37)39-5/h8-10,12,15H,6-7,11,13-14,16-17H2,1-5H3. The average Bonchev–Trinajstić information content (AvgIpc) is 2.86. The van der Waals surface area contributed by atoms with Gasteiger partial charge in [0.1, 0.15) is 5.82 Å². The molecule has 0 aromatic heterocycles. The van der Waals surface area contributed by atoms with Crippen LogP contribution in [0.5, 0.6) is 0 Å². The molecule has 1 aliphatic rings. The number of fused-ring (bicyclic) bond motifs is 1. The molecule has 1 aliphatic heterocycles. The second-order valence-electron chi connectivity index (χ2n) is 10.8. The highest BCUT2D eigenvalue weighted by Gasteiger charge is 2.43. The molecule has 1 amide bonds. The highest BCUT2D eigenvalue weighted by Crippen LogP contribution is 2.35. The van der Waals surface area contributed by atoms with E-state index in [9.17, 15) is 31.9 Å². The molecule has 39 heavy (non-hydrogen) atoms. The first kappa shape index (κ1) is 30.1. The van der Waals surface area contributed by atoms with E-state index in [2.05, 4.69) is 4.74 Å². The summed E-state index contributed by atoms with van der Waals surface area (Å²) in [6, 6.07) is 6.88.